The van der Waals surface area contributed by atoms with Gasteiger partial charge in [-0.05, 0) is 32.9 Å². The fraction of sp³-hybridized carbons (Fsp3) is 0.538. The first-order chi connectivity index (χ1) is 9.53. The molecule has 0 spiro atoms. The molecule has 1 saturated heterocycles. The molecule has 4 nitrogen and oxygen atoms in total. The quantitative estimate of drug-likeness (QED) is 0.733. The normalized spacial score (nSPS) is 23.2. The molecule has 8 heteroatoms. The summed E-state index contributed by atoms with van der Waals surface area (Å²) >= 11 is 15.4. The molecule has 2 rings (SSSR count). The highest BCUT2D eigenvalue weighted by molar-refractivity contribution is 9.10. The monoisotopic (exact) mass is 415 g/mol. The van der Waals surface area contributed by atoms with Crippen LogP contribution in [0, 0.1) is 0 Å². The van der Waals surface area contributed by atoms with Crippen LogP contribution in [0.25, 0.3) is 0 Å². The predicted octanol–water partition coefficient (Wildman–Crippen LogP) is 3.94. The van der Waals surface area contributed by atoms with Crippen molar-refractivity contribution >= 4 is 49.2 Å². The van der Waals surface area contributed by atoms with Crippen molar-refractivity contribution in [2.45, 2.75) is 37.4 Å². The average Bonchev–Trinajstić information content (AvgIpc) is 2.23. The van der Waals surface area contributed by atoms with Crippen LogP contribution in [0.4, 0.5) is 0 Å². The van der Waals surface area contributed by atoms with Gasteiger partial charge in [0, 0.05) is 17.6 Å². The minimum Gasteiger partial charge on any atom is -0.370 e. The molecule has 0 aromatic heterocycles. The molecule has 1 aliphatic heterocycles. The van der Waals surface area contributed by atoms with E-state index < -0.39 is 15.6 Å². The van der Waals surface area contributed by atoms with E-state index in [0.717, 1.165) is 0 Å². The van der Waals surface area contributed by atoms with Gasteiger partial charge in [-0.2, -0.15) is 4.31 Å². The summed E-state index contributed by atoms with van der Waals surface area (Å²) in [5.41, 5.74) is -0.556. The molecule has 1 aliphatic rings. The molecule has 1 fully saturated rings. The zero-order valence-electron chi connectivity index (χ0n) is 11.9. The van der Waals surface area contributed by atoms with Crippen molar-refractivity contribution in [3.8, 4) is 0 Å². The molecule has 1 unspecified atom stereocenters. The standard InChI is InChI=1S/C13H16BrCl2NO3S/c1-8-6-17(7-13(2,3)20-8)21(18,19)12-10(15)4-9(14)5-11(12)16/h4-5,8H,6-7H2,1-3H3. The Labute approximate surface area is 143 Å². The Bertz CT molecular complexity index is 640. The maximum absolute atomic E-state index is 12.9. The maximum atomic E-state index is 12.9. The van der Waals surface area contributed by atoms with Crippen LogP contribution < -0.4 is 0 Å². The van der Waals surface area contributed by atoms with Crippen molar-refractivity contribution < 1.29 is 13.2 Å². The molecule has 1 heterocycles. The zero-order valence-corrected chi connectivity index (χ0v) is 15.8. The highest BCUT2D eigenvalue weighted by atomic mass is 79.9. The van der Waals surface area contributed by atoms with Crippen molar-refractivity contribution in [2.75, 3.05) is 13.1 Å². The van der Waals surface area contributed by atoms with Crippen LogP contribution in [0.1, 0.15) is 20.8 Å². The van der Waals surface area contributed by atoms with Gasteiger partial charge < -0.3 is 4.74 Å². The number of benzene rings is 1. The number of sulfonamides is 1. The van der Waals surface area contributed by atoms with Crippen LogP contribution in [-0.4, -0.2) is 37.5 Å². The Morgan fingerprint density at radius 3 is 2.33 bits per heavy atom. The smallest absolute Gasteiger partial charge is 0.246 e. The van der Waals surface area contributed by atoms with Crippen molar-refractivity contribution in [3.05, 3.63) is 26.7 Å². The molecule has 1 aromatic carbocycles. The molecule has 0 N–H and O–H groups in total. The van der Waals surface area contributed by atoms with Gasteiger partial charge in [-0.15, -0.1) is 0 Å². The van der Waals surface area contributed by atoms with Gasteiger partial charge >= 0.3 is 0 Å². The van der Waals surface area contributed by atoms with E-state index in [0.29, 0.717) is 4.47 Å². The maximum Gasteiger partial charge on any atom is 0.246 e. The summed E-state index contributed by atoms with van der Waals surface area (Å²) in [5, 5.41) is 0.206. The Morgan fingerprint density at radius 2 is 1.86 bits per heavy atom. The minimum absolute atomic E-state index is 0.0565. The van der Waals surface area contributed by atoms with Crippen molar-refractivity contribution in [1.29, 1.82) is 0 Å². The highest BCUT2D eigenvalue weighted by Crippen LogP contribution is 2.36. The van der Waals surface area contributed by atoms with Gasteiger partial charge in [0.2, 0.25) is 10.0 Å². The largest absolute Gasteiger partial charge is 0.370 e. The molecule has 1 atom stereocenters. The van der Waals surface area contributed by atoms with E-state index >= 15 is 0 Å². The van der Waals surface area contributed by atoms with E-state index in [4.69, 9.17) is 27.9 Å². The first kappa shape index (κ1) is 17.5. The summed E-state index contributed by atoms with van der Waals surface area (Å²) in [4.78, 5) is -0.0565. The second-order valence-corrected chi connectivity index (χ2v) is 9.29. The van der Waals surface area contributed by atoms with Gasteiger partial charge in [0.05, 0.1) is 21.8 Å². The third kappa shape index (κ3) is 3.74. The molecular weight excluding hydrogens is 401 g/mol. The van der Waals surface area contributed by atoms with E-state index in [-0.39, 0.29) is 34.1 Å². The average molecular weight is 417 g/mol. The second kappa shape index (κ2) is 5.98. The Morgan fingerprint density at radius 1 is 1.33 bits per heavy atom. The van der Waals surface area contributed by atoms with Gasteiger partial charge in [-0.1, -0.05) is 39.1 Å². The summed E-state index contributed by atoms with van der Waals surface area (Å²) in [5.74, 6) is 0. The zero-order chi connectivity index (χ0) is 16.0. The lowest BCUT2D eigenvalue weighted by Gasteiger charge is -2.41. The molecule has 0 radical (unpaired) electrons. The summed E-state index contributed by atoms with van der Waals surface area (Å²) in [7, 11) is -3.78. The van der Waals surface area contributed by atoms with Crippen LogP contribution >= 0.6 is 39.1 Å². The van der Waals surface area contributed by atoms with E-state index in [1.807, 2.05) is 20.8 Å². The van der Waals surface area contributed by atoms with E-state index in [9.17, 15) is 8.42 Å². The van der Waals surface area contributed by atoms with E-state index in [1.165, 1.54) is 16.4 Å². The van der Waals surface area contributed by atoms with Gasteiger partial charge in [-0.25, -0.2) is 8.42 Å². The molecule has 1 aromatic rings. The third-order valence-electron chi connectivity index (χ3n) is 3.10. The highest BCUT2D eigenvalue weighted by Gasteiger charge is 2.39. The number of nitrogens with zero attached hydrogens (tertiary/aromatic N) is 1. The lowest BCUT2D eigenvalue weighted by Crippen LogP contribution is -2.53. The van der Waals surface area contributed by atoms with Crippen LogP contribution in [-0.2, 0) is 14.8 Å². The van der Waals surface area contributed by atoms with Gasteiger partial charge in [-0.3, -0.25) is 0 Å². The van der Waals surface area contributed by atoms with Crippen LogP contribution in [0.2, 0.25) is 10.0 Å². The van der Waals surface area contributed by atoms with Crippen molar-refractivity contribution in [1.82, 2.24) is 4.31 Å². The second-order valence-electron chi connectivity index (χ2n) is 5.68. The number of ether oxygens (including phenoxy) is 1. The Kier molecular flexibility index (Phi) is 4.98. The van der Waals surface area contributed by atoms with Crippen LogP contribution in [0.5, 0.6) is 0 Å². The number of hydrogen-bond acceptors (Lipinski definition) is 3. The number of halogens is 3. The molecule has 0 saturated carbocycles. The third-order valence-corrected chi connectivity index (χ3v) is 6.29. The fourth-order valence-electron chi connectivity index (χ4n) is 2.48. The van der Waals surface area contributed by atoms with Crippen molar-refractivity contribution in [2.24, 2.45) is 0 Å². The first-order valence-electron chi connectivity index (χ1n) is 6.35. The predicted molar refractivity (Wildman–Crippen MR) is 87.5 cm³/mol. The lowest BCUT2D eigenvalue weighted by molar-refractivity contribution is -0.109. The lowest BCUT2D eigenvalue weighted by atomic mass is 10.1. The molecule has 21 heavy (non-hydrogen) atoms. The topological polar surface area (TPSA) is 46.6 Å². The minimum atomic E-state index is -3.78. The van der Waals surface area contributed by atoms with E-state index in [2.05, 4.69) is 15.9 Å². The Balaban J connectivity index is 2.48. The van der Waals surface area contributed by atoms with Gasteiger partial charge in [0.15, 0.2) is 0 Å². The fourth-order valence-corrected chi connectivity index (χ4v) is 6.03. The molecule has 118 valence electrons. The number of rotatable bonds is 2. The molecule has 0 aliphatic carbocycles. The summed E-state index contributed by atoms with van der Waals surface area (Å²) < 4.78 is 33.5. The van der Waals surface area contributed by atoms with Crippen molar-refractivity contribution in [3.63, 3.8) is 0 Å². The van der Waals surface area contributed by atoms with Crippen LogP contribution in [0.3, 0.4) is 0 Å². The van der Waals surface area contributed by atoms with Crippen LogP contribution in [0.15, 0.2) is 21.5 Å². The van der Waals surface area contributed by atoms with E-state index in [1.54, 1.807) is 0 Å². The van der Waals surface area contributed by atoms with Gasteiger partial charge in [0.25, 0.3) is 0 Å². The number of morpholine rings is 1. The summed E-state index contributed by atoms with van der Waals surface area (Å²) in [6.45, 7) is 6.08. The SMILES string of the molecule is CC1CN(S(=O)(=O)c2c(Cl)cc(Br)cc2Cl)CC(C)(C)O1. The molecule has 0 bridgehead atoms. The summed E-state index contributed by atoms with van der Waals surface area (Å²) in [6, 6.07) is 3.05. The number of hydrogen-bond donors (Lipinski definition) is 0. The Hall–Kier alpha value is 0.150. The molecular formula is C13H16BrCl2NO3S. The first-order valence-corrected chi connectivity index (χ1v) is 9.34. The summed E-state index contributed by atoms with van der Waals surface area (Å²) in [6.07, 6.45) is -0.198. The van der Waals surface area contributed by atoms with Gasteiger partial charge in [0.1, 0.15) is 4.90 Å². The molecule has 0 amide bonds.